The molecule has 1 aliphatic heterocycles. The van der Waals surface area contributed by atoms with Gasteiger partial charge in [-0.05, 0) is 49.2 Å². The minimum absolute atomic E-state index is 0.0854. The number of amides is 2. The fourth-order valence-electron chi connectivity index (χ4n) is 3.04. The Balaban J connectivity index is 2.08. The number of nitrogens with zero attached hydrogens (tertiary/aromatic N) is 2. The molecule has 0 bridgehead atoms. The minimum Gasteiger partial charge on any atom is -0.369 e. The maximum absolute atomic E-state index is 12.8. The van der Waals surface area contributed by atoms with E-state index in [1.807, 2.05) is 19.9 Å². The predicted molar refractivity (Wildman–Crippen MR) is 88.4 cm³/mol. The number of fused-ring (bicyclic) bond motifs is 1. The smallest absolute Gasteiger partial charge is 0.259 e. The molecule has 2 heterocycles. The fourth-order valence-corrected chi connectivity index (χ4v) is 3.21. The SMILES string of the molecule is CC1(C)c2cc(Cl)ccc2C(=O)N1c1cncc(CC(N)=O)c1. The highest BCUT2D eigenvalue weighted by atomic mass is 35.5. The van der Waals surface area contributed by atoms with Gasteiger partial charge in [0.1, 0.15) is 0 Å². The maximum atomic E-state index is 12.8. The summed E-state index contributed by atoms with van der Waals surface area (Å²) in [6.45, 7) is 3.90. The van der Waals surface area contributed by atoms with Crippen LogP contribution in [0.2, 0.25) is 5.02 Å². The summed E-state index contributed by atoms with van der Waals surface area (Å²) in [6.07, 6.45) is 3.27. The number of rotatable bonds is 3. The quantitative estimate of drug-likeness (QED) is 0.940. The summed E-state index contributed by atoms with van der Waals surface area (Å²) >= 11 is 6.08. The van der Waals surface area contributed by atoms with Gasteiger partial charge in [-0.25, -0.2) is 0 Å². The van der Waals surface area contributed by atoms with Crippen molar-refractivity contribution in [2.45, 2.75) is 25.8 Å². The third-order valence-corrected chi connectivity index (χ3v) is 4.29. The number of anilines is 1. The molecule has 0 aliphatic carbocycles. The Morgan fingerprint density at radius 1 is 1.30 bits per heavy atom. The van der Waals surface area contributed by atoms with Crippen LogP contribution in [-0.2, 0) is 16.8 Å². The molecule has 1 aliphatic rings. The first-order valence-electron chi connectivity index (χ1n) is 7.17. The largest absolute Gasteiger partial charge is 0.369 e. The van der Waals surface area contributed by atoms with E-state index < -0.39 is 11.4 Å². The Bertz CT molecular complexity index is 817. The van der Waals surface area contributed by atoms with Crippen molar-refractivity contribution in [2.75, 3.05) is 4.90 Å². The number of carbonyl (C=O) groups is 2. The van der Waals surface area contributed by atoms with Crippen LogP contribution in [0, 0.1) is 0 Å². The summed E-state index contributed by atoms with van der Waals surface area (Å²) in [7, 11) is 0. The van der Waals surface area contributed by atoms with Gasteiger partial charge in [-0.2, -0.15) is 0 Å². The second-order valence-electron chi connectivity index (χ2n) is 6.08. The molecular weight excluding hydrogens is 314 g/mol. The first-order chi connectivity index (χ1) is 10.8. The monoisotopic (exact) mass is 329 g/mol. The lowest BCUT2D eigenvalue weighted by molar-refractivity contribution is -0.117. The van der Waals surface area contributed by atoms with Crippen molar-refractivity contribution >= 4 is 29.1 Å². The lowest BCUT2D eigenvalue weighted by atomic mass is 9.93. The summed E-state index contributed by atoms with van der Waals surface area (Å²) in [6, 6.07) is 7.03. The molecule has 6 heteroatoms. The van der Waals surface area contributed by atoms with Crippen LogP contribution in [0.25, 0.3) is 0 Å². The van der Waals surface area contributed by atoms with Gasteiger partial charge in [0.15, 0.2) is 0 Å². The van der Waals surface area contributed by atoms with Crippen LogP contribution < -0.4 is 10.6 Å². The molecule has 0 radical (unpaired) electrons. The molecule has 0 spiro atoms. The van der Waals surface area contributed by atoms with E-state index >= 15 is 0 Å². The molecule has 118 valence electrons. The van der Waals surface area contributed by atoms with Crippen LogP contribution in [0.5, 0.6) is 0 Å². The molecule has 2 aromatic rings. The molecule has 0 fully saturated rings. The number of pyridine rings is 1. The zero-order valence-corrected chi connectivity index (χ0v) is 13.6. The zero-order chi connectivity index (χ0) is 16.8. The fraction of sp³-hybridized carbons (Fsp3) is 0.235. The van der Waals surface area contributed by atoms with Crippen molar-refractivity contribution in [2.24, 2.45) is 5.73 Å². The van der Waals surface area contributed by atoms with Gasteiger partial charge in [-0.3, -0.25) is 19.5 Å². The standard InChI is InChI=1S/C17H16ClN3O2/c1-17(2)14-7-11(18)3-4-13(14)16(23)21(17)12-5-10(6-15(19)22)8-20-9-12/h3-5,7-9H,6H2,1-2H3,(H2,19,22). The number of hydrogen-bond donors (Lipinski definition) is 1. The number of halogens is 1. The first kappa shape index (κ1) is 15.5. The lowest BCUT2D eigenvalue weighted by Gasteiger charge is -2.32. The Hall–Kier alpha value is -2.40. The van der Waals surface area contributed by atoms with Gasteiger partial charge in [0, 0.05) is 16.8 Å². The van der Waals surface area contributed by atoms with Crippen LogP contribution >= 0.6 is 11.6 Å². The molecule has 1 aromatic carbocycles. The minimum atomic E-state index is -0.565. The highest BCUT2D eigenvalue weighted by Gasteiger charge is 2.44. The molecule has 2 amide bonds. The molecule has 0 saturated heterocycles. The Labute approximate surface area is 139 Å². The van der Waals surface area contributed by atoms with Crippen molar-refractivity contribution in [1.82, 2.24) is 4.98 Å². The summed E-state index contributed by atoms with van der Waals surface area (Å²) in [5, 5.41) is 0.590. The normalized spacial score (nSPS) is 15.6. The second kappa shape index (κ2) is 5.35. The number of hydrogen-bond acceptors (Lipinski definition) is 3. The highest BCUT2D eigenvalue weighted by Crippen LogP contribution is 2.42. The average molecular weight is 330 g/mol. The van der Waals surface area contributed by atoms with Crippen LogP contribution in [0.1, 0.15) is 35.3 Å². The van der Waals surface area contributed by atoms with E-state index in [1.54, 1.807) is 35.5 Å². The summed E-state index contributed by atoms with van der Waals surface area (Å²) in [5.74, 6) is -0.550. The van der Waals surface area contributed by atoms with E-state index in [-0.39, 0.29) is 12.3 Å². The Morgan fingerprint density at radius 2 is 2.04 bits per heavy atom. The molecule has 3 rings (SSSR count). The predicted octanol–water partition coefficient (Wildman–Crippen LogP) is 2.66. The van der Waals surface area contributed by atoms with Crippen molar-refractivity contribution in [1.29, 1.82) is 0 Å². The van der Waals surface area contributed by atoms with Crippen LogP contribution in [0.4, 0.5) is 5.69 Å². The van der Waals surface area contributed by atoms with Gasteiger partial charge in [-0.1, -0.05) is 11.6 Å². The number of nitrogens with two attached hydrogens (primary N) is 1. The third-order valence-electron chi connectivity index (χ3n) is 4.05. The van der Waals surface area contributed by atoms with Gasteiger partial charge in [0.25, 0.3) is 5.91 Å². The van der Waals surface area contributed by atoms with Crippen molar-refractivity contribution in [3.05, 3.63) is 58.4 Å². The lowest BCUT2D eigenvalue weighted by Crippen LogP contribution is -2.39. The molecule has 0 atom stereocenters. The molecule has 0 saturated carbocycles. The Morgan fingerprint density at radius 3 is 2.74 bits per heavy atom. The number of benzene rings is 1. The van der Waals surface area contributed by atoms with Gasteiger partial charge < -0.3 is 5.73 Å². The van der Waals surface area contributed by atoms with E-state index in [4.69, 9.17) is 17.3 Å². The molecule has 23 heavy (non-hydrogen) atoms. The maximum Gasteiger partial charge on any atom is 0.259 e. The zero-order valence-electron chi connectivity index (χ0n) is 12.8. The van der Waals surface area contributed by atoms with E-state index in [9.17, 15) is 9.59 Å². The van der Waals surface area contributed by atoms with Crippen LogP contribution in [0.15, 0.2) is 36.7 Å². The second-order valence-corrected chi connectivity index (χ2v) is 6.52. The number of carbonyl (C=O) groups excluding carboxylic acids is 2. The van der Waals surface area contributed by atoms with Gasteiger partial charge in [0.2, 0.25) is 5.91 Å². The molecule has 5 nitrogen and oxygen atoms in total. The van der Waals surface area contributed by atoms with Crippen molar-refractivity contribution in [3.63, 3.8) is 0 Å². The third kappa shape index (κ3) is 2.57. The number of aromatic nitrogens is 1. The van der Waals surface area contributed by atoms with Gasteiger partial charge >= 0.3 is 0 Å². The molecule has 0 unspecified atom stereocenters. The number of primary amides is 1. The van der Waals surface area contributed by atoms with Gasteiger partial charge in [-0.15, -0.1) is 0 Å². The van der Waals surface area contributed by atoms with Crippen LogP contribution in [0.3, 0.4) is 0 Å². The molecule has 2 N–H and O–H groups in total. The van der Waals surface area contributed by atoms with E-state index in [0.717, 1.165) is 5.56 Å². The van der Waals surface area contributed by atoms with Crippen LogP contribution in [-0.4, -0.2) is 16.8 Å². The first-order valence-corrected chi connectivity index (χ1v) is 7.55. The summed E-state index contributed by atoms with van der Waals surface area (Å²) in [4.78, 5) is 29.7. The molecular formula is C17H16ClN3O2. The average Bonchev–Trinajstić information content (AvgIpc) is 2.65. The van der Waals surface area contributed by atoms with E-state index in [1.165, 1.54) is 0 Å². The van der Waals surface area contributed by atoms with Gasteiger partial charge in [0.05, 0.1) is 23.8 Å². The Kier molecular flexibility index (Phi) is 3.60. The highest BCUT2D eigenvalue weighted by molar-refractivity contribution is 6.31. The van der Waals surface area contributed by atoms with E-state index in [0.29, 0.717) is 21.8 Å². The van der Waals surface area contributed by atoms with Crippen molar-refractivity contribution < 1.29 is 9.59 Å². The topological polar surface area (TPSA) is 76.3 Å². The summed E-state index contributed by atoms with van der Waals surface area (Å²) < 4.78 is 0. The summed E-state index contributed by atoms with van der Waals surface area (Å²) in [5.41, 5.74) is 7.47. The molecule has 1 aromatic heterocycles. The van der Waals surface area contributed by atoms with Crippen molar-refractivity contribution in [3.8, 4) is 0 Å². The van der Waals surface area contributed by atoms with E-state index in [2.05, 4.69) is 4.98 Å².